The second kappa shape index (κ2) is 27.3. The number of fused-ring (bicyclic) bond motifs is 14. The molecule has 4 fully saturated rings. The fourth-order valence-corrected chi connectivity index (χ4v) is 15.8. The summed E-state index contributed by atoms with van der Waals surface area (Å²) < 4.78 is 25.2. The standard InChI is InChI=1S/C73H69Cl2N9O19/c1-84(2)12-11-76-66(93)61-44-26-41(86)27-50(89)56(44)43-20-35(4-7-48(43)87)57-68(95)82-62(71(98)81-61)63(90)37-6-10-52(46(75)21-37)102-55-24-39-23-54(64(55)91)101-51-9-3-31(16-45(51)74)17-47-65(92)78-59(69(96)80-60(39)70(97)79-57)38-18-40(85)25-42(19-38)100-53-22-36(5-8-49(53)88)58(67(94)77-47)83-72(99)103-73-28-32-13-33(29-73)15-34(14-32)30-73/h3-10,16,18-27,32-34,47,57-63,85-91H,11-15,17,28-30H2,1-2H3,(H,76,93)(H,77,94)(H,78,92)(H,79,97)(H,80,96)(H,81,98)(H,82,95)(H,83,99)/t32?,33?,34?,47-,57-,58-,59+,60-,61+,62+,63-,73?/m1/s1. The molecule has 6 aliphatic heterocycles. The number of benzene rings is 7. The molecule has 0 spiro atoms. The Morgan fingerprint density at radius 2 is 1.14 bits per heavy atom. The Bertz CT molecular complexity index is 4670. The van der Waals surface area contributed by atoms with E-state index in [1.807, 2.05) is 0 Å². The Morgan fingerprint density at radius 1 is 0.553 bits per heavy atom. The van der Waals surface area contributed by atoms with Gasteiger partial charge in [-0.05, 0) is 188 Å². The lowest BCUT2D eigenvalue weighted by Crippen LogP contribution is -2.56. The van der Waals surface area contributed by atoms with Crippen LogP contribution in [0.1, 0.15) is 114 Å². The normalized spacial score (nSPS) is 25.5. The molecule has 28 nitrogen and oxygen atoms in total. The molecule has 30 heteroatoms. The first-order chi connectivity index (χ1) is 49.2. The van der Waals surface area contributed by atoms with Crippen LogP contribution in [0.25, 0.3) is 11.1 Å². The van der Waals surface area contributed by atoms with Crippen LogP contribution < -0.4 is 56.7 Å². The zero-order chi connectivity index (χ0) is 72.6. The molecule has 103 heavy (non-hydrogen) atoms. The van der Waals surface area contributed by atoms with Crippen LogP contribution in [0.4, 0.5) is 4.79 Å². The Kier molecular flexibility index (Phi) is 18.3. The first kappa shape index (κ1) is 68.9. The van der Waals surface area contributed by atoms with Crippen LogP contribution in [-0.2, 0) is 44.7 Å². The lowest BCUT2D eigenvalue weighted by molar-refractivity contribution is -0.137. The van der Waals surface area contributed by atoms with E-state index in [1.165, 1.54) is 66.7 Å². The minimum atomic E-state index is -2.19. The average molecular weight is 1450 g/mol. The summed E-state index contributed by atoms with van der Waals surface area (Å²) in [6, 6.07) is 8.91. The van der Waals surface area contributed by atoms with Crippen molar-refractivity contribution in [2.24, 2.45) is 17.8 Å². The highest BCUT2D eigenvalue weighted by Gasteiger charge is 2.54. The number of carbonyl (C=O) groups excluding carboxylic acids is 8. The molecular weight excluding hydrogens is 1380 g/mol. The summed E-state index contributed by atoms with van der Waals surface area (Å²) >= 11 is 14.0. The third-order valence-electron chi connectivity index (χ3n) is 19.8. The van der Waals surface area contributed by atoms with Crippen molar-refractivity contribution in [2.75, 3.05) is 27.2 Å². The number of halogens is 2. The van der Waals surface area contributed by atoms with Crippen LogP contribution in [0, 0.1) is 17.8 Å². The van der Waals surface area contributed by atoms with E-state index in [-0.39, 0.29) is 89.7 Å². The van der Waals surface area contributed by atoms with E-state index >= 15 is 28.8 Å². The number of aliphatic hydroxyl groups excluding tert-OH is 1. The van der Waals surface area contributed by atoms with E-state index < -0.39 is 154 Å². The number of hydrogen-bond acceptors (Lipinski definition) is 20. The molecule has 7 aromatic carbocycles. The molecular formula is C73H69Cl2N9O19. The van der Waals surface area contributed by atoms with Crippen LogP contribution in [0.3, 0.4) is 0 Å². The van der Waals surface area contributed by atoms with Gasteiger partial charge in [-0.25, -0.2) is 4.79 Å². The number of amides is 8. The summed E-state index contributed by atoms with van der Waals surface area (Å²) in [6.07, 6.45) is 1.63. The fourth-order valence-electron chi connectivity index (χ4n) is 15.4. The second-order valence-electron chi connectivity index (χ2n) is 27.4. The zero-order valence-electron chi connectivity index (χ0n) is 54.9. The van der Waals surface area contributed by atoms with Crippen molar-refractivity contribution in [3.63, 3.8) is 0 Å². The number of carbonyl (C=O) groups is 8. The SMILES string of the molecule is CN(C)CCNC(=O)[C@H]1NC(=O)[C@H]2NC(=O)[C@H](NC(=O)[C@@H]3NC(=O)[C@H]4NC(=O)[C@@H](Cc5ccc(c(Cl)c5)Oc5cc3cc(c5O)Oc3ccc(cc3Cl)[C@H]2O)NC(=O)[C@H](NC(=O)OC23CC5CC(CC(C5)C2)C3)c2ccc(O)c(c2)Oc2cc(O)cc4c2)c2ccc(O)c(c2)-c2c(O)cc(O)cc21. The predicted molar refractivity (Wildman–Crippen MR) is 365 cm³/mol. The minimum Gasteiger partial charge on any atom is -0.508 e. The highest BCUT2D eigenvalue weighted by molar-refractivity contribution is 6.32. The van der Waals surface area contributed by atoms with Crippen LogP contribution >= 0.6 is 23.2 Å². The number of alkyl carbamates (subject to hydrolysis) is 1. The molecule has 4 saturated carbocycles. The monoisotopic (exact) mass is 1450 g/mol. The molecule has 534 valence electrons. The van der Waals surface area contributed by atoms with Crippen molar-refractivity contribution >= 4 is 70.6 Å². The summed E-state index contributed by atoms with van der Waals surface area (Å²) in [4.78, 5) is 124. The van der Waals surface area contributed by atoms with Gasteiger partial charge in [0.2, 0.25) is 47.1 Å². The molecule has 21 bridgehead atoms. The molecule has 6 heterocycles. The predicted octanol–water partition coefficient (Wildman–Crippen LogP) is 7.31. The van der Waals surface area contributed by atoms with E-state index in [4.69, 9.17) is 42.1 Å². The summed E-state index contributed by atoms with van der Waals surface area (Å²) in [5, 5.41) is 103. The lowest BCUT2D eigenvalue weighted by Gasteiger charge is -2.55. The summed E-state index contributed by atoms with van der Waals surface area (Å²) in [7, 11) is 3.48. The largest absolute Gasteiger partial charge is 0.508 e. The first-order valence-corrected chi connectivity index (χ1v) is 33.9. The van der Waals surface area contributed by atoms with Gasteiger partial charge in [0.1, 0.15) is 94.2 Å². The van der Waals surface area contributed by atoms with E-state index in [0.717, 1.165) is 67.8 Å². The van der Waals surface area contributed by atoms with Crippen molar-refractivity contribution in [1.29, 1.82) is 0 Å². The highest BCUT2D eigenvalue weighted by atomic mass is 35.5. The highest BCUT2D eigenvalue weighted by Crippen LogP contribution is 2.57. The maximum atomic E-state index is 16.1. The van der Waals surface area contributed by atoms with Crippen molar-refractivity contribution < 1.29 is 93.0 Å². The van der Waals surface area contributed by atoms with Crippen molar-refractivity contribution in [3.05, 3.63) is 164 Å². The fraction of sp³-hybridized carbons (Fsp3) is 0.315. The number of phenols is 6. The van der Waals surface area contributed by atoms with E-state index in [9.17, 15) is 45.3 Å². The van der Waals surface area contributed by atoms with Crippen molar-refractivity contribution in [1.82, 2.24) is 47.4 Å². The average Bonchev–Trinajstić information content (AvgIpc) is 0.759. The molecule has 8 amide bonds. The van der Waals surface area contributed by atoms with Gasteiger partial charge in [0, 0.05) is 42.8 Å². The quantitative estimate of drug-likeness (QED) is 0.0775. The molecule has 0 radical (unpaired) electrons. The van der Waals surface area contributed by atoms with Crippen LogP contribution in [-0.4, -0.2) is 133 Å². The molecule has 17 rings (SSSR count). The lowest BCUT2D eigenvalue weighted by atomic mass is 9.54. The Hall–Kier alpha value is -11.2. The van der Waals surface area contributed by atoms with Gasteiger partial charge >= 0.3 is 6.09 Å². The number of phenolic OH excluding ortho intramolecular Hbond substituents is 6. The molecule has 0 saturated heterocycles. The number of aromatic hydroxyl groups is 6. The Morgan fingerprint density at radius 3 is 1.80 bits per heavy atom. The molecule has 15 N–H and O–H groups in total. The van der Waals surface area contributed by atoms with Gasteiger partial charge in [-0.15, -0.1) is 0 Å². The van der Waals surface area contributed by atoms with Gasteiger partial charge in [-0.1, -0.05) is 47.5 Å². The van der Waals surface area contributed by atoms with Crippen molar-refractivity contribution in [3.8, 4) is 80.1 Å². The molecule has 7 aromatic rings. The van der Waals surface area contributed by atoms with E-state index in [0.29, 0.717) is 43.6 Å². The molecule has 4 aliphatic carbocycles. The van der Waals surface area contributed by atoms with Gasteiger partial charge < -0.3 is 102 Å². The number of ether oxygens (including phenoxy) is 4. The third-order valence-corrected chi connectivity index (χ3v) is 20.4. The number of likely N-dealkylation sites (N-methyl/N-ethyl adjacent to an activating group) is 1. The molecule has 8 atom stereocenters. The van der Waals surface area contributed by atoms with Gasteiger partial charge in [-0.3, -0.25) is 33.6 Å². The topological polar surface area (TPSA) is 415 Å². The van der Waals surface area contributed by atoms with E-state index in [1.54, 1.807) is 19.0 Å². The Balaban J connectivity index is 0.914. The summed E-state index contributed by atoms with van der Waals surface area (Å²) in [6.45, 7) is 0.293. The van der Waals surface area contributed by atoms with Gasteiger partial charge in [0.15, 0.2) is 23.0 Å². The van der Waals surface area contributed by atoms with Gasteiger partial charge in [-0.2, -0.15) is 0 Å². The van der Waals surface area contributed by atoms with Crippen LogP contribution in [0.15, 0.2) is 115 Å². The third kappa shape index (κ3) is 13.9. The maximum absolute atomic E-state index is 16.1. The minimum absolute atomic E-state index is 0.000822. The number of nitrogens with one attached hydrogen (secondary N) is 8. The molecule has 10 aliphatic rings. The number of rotatable bonds is 6. The number of hydrogen-bond donors (Lipinski definition) is 15. The number of aliphatic hydroxyl groups is 1. The first-order valence-electron chi connectivity index (χ1n) is 33.2. The molecule has 0 unspecified atom stereocenters. The smallest absolute Gasteiger partial charge is 0.408 e. The molecule has 0 aromatic heterocycles. The van der Waals surface area contributed by atoms with Crippen LogP contribution in [0.5, 0.6) is 69.0 Å². The maximum Gasteiger partial charge on any atom is 0.408 e. The van der Waals surface area contributed by atoms with Crippen LogP contribution in [0.2, 0.25) is 10.0 Å². The van der Waals surface area contributed by atoms with Gasteiger partial charge in [0.25, 0.3) is 0 Å². The zero-order valence-corrected chi connectivity index (χ0v) is 56.4. The second-order valence-corrected chi connectivity index (χ2v) is 28.3. The van der Waals surface area contributed by atoms with E-state index in [2.05, 4.69) is 42.5 Å². The Labute approximate surface area is 596 Å². The van der Waals surface area contributed by atoms with Gasteiger partial charge in [0.05, 0.1) is 10.0 Å². The summed E-state index contributed by atoms with van der Waals surface area (Å²) in [5.74, 6) is -12.8. The summed E-state index contributed by atoms with van der Waals surface area (Å²) in [5.41, 5.74) is -2.41. The number of nitrogens with zero attached hydrogens (tertiary/aromatic N) is 1. The van der Waals surface area contributed by atoms with Crippen molar-refractivity contribution in [2.45, 2.75) is 98.9 Å².